The Labute approximate surface area is 129 Å². The average Bonchev–Trinajstić information content (AvgIpc) is 2.51. The van der Waals surface area contributed by atoms with Gasteiger partial charge in [0.25, 0.3) is 0 Å². The van der Waals surface area contributed by atoms with E-state index in [2.05, 4.69) is 11.9 Å². The van der Waals surface area contributed by atoms with Crippen molar-refractivity contribution < 1.29 is 23.1 Å². The zero-order valence-electron chi connectivity index (χ0n) is 13.2. The molecule has 0 bridgehead atoms. The first-order chi connectivity index (χ1) is 10.3. The Balaban J connectivity index is 2.51. The summed E-state index contributed by atoms with van der Waals surface area (Å²) in [7, 11) is 1.47. The van der Waals surface area contributed by atoms with Crippen molar-refractivity contribution in [3.8, 4) is 0 Å². The molecule has 0 heterocycles. The maximum Gasteiger partial charge on any atom is 0.248 e. The number of likely N-dealkylation sites (N-methyl/N-ethyl adjacent to an activating group) is 1. The summed E-state index contributed by atoms with van der Waals surface area (Å²) >= 11 is 0. The fraction of sp³-hybridized carbons (Fsp3) is 0.733. The molecular formula is C15H24F2N2O3. The molecule has 1 aliphatic carbocycles. The van der Waals surface area contributed by atoms with Crippen molar-refractivity contribution in [3.05, 3.63) is 12.7 Å². The Morgan fingerprint density at radius 1 is 1.32 bits per heavy atom. The molecule has 0 aliphatic heterocycles. The van der Waals surface area contributed by atoms with Gasteiger partial charge in [0.2, 0.25) is 17.7 Å². The first-order valence-electron chi connectivity index (χ1n) is 7.38. The summed E-state index contributed by atoms with van der Waals surface area (Å²) in [4.78, 5) is 24.8. The van der Waals surface area contributed by atoms with E-state index in [9.17, 15) is 18.4 Å². The fourth-order valence-corrected chi connectivity index (χ4v) is 2.49. The summed E-state index contributed by atoms with van der Waals surface area (Å²) in [5.41, 5.74) is -0.753. The first kappa shape index (κ1) is 18.5. The highest BCUT2D eigenvalue weighted by Crippen LogP contribution is 2.39. The second kappa shape index (κ2) is 7.67. The van der Waals surface area contributed by atoms with Crippen LogP contribution in [0.1, 0.15) is 32.6 Å². The third kappa shape index (κ3) is 5.05. The summed E-state index contributed by atoms with van der Waals surface area (Å²) in [5, 5.41) is 2.68. The second-order valence-electron chi connectivity index (χ2n) is 5.58. The van der Waals surface area contributed by atoms with Crippen LogP contribution in [0.3, 0.4) is 0 Å². The van der Waals surface area contributed by atoms with Crippen LogP contribution < -0.4 is 5.32 Å². The molecule has 1 saturated carbocycles. The number of carbonyl (C=O) groups excluding carboxylic acids is 2. The van der Waals surface area contributed by atoms with Gasteiger partial charge in [0.1, 0.15) is 0 Å². The highest BCUT2D eigenvalue weighted by atomic mass is 19.3. The summed E-state index contributed by atoms with van der Waals surface area (Å²) in [6.45, 7) is 5.61. The predicted molar refractivity (Wildman–Crippen MR) is 78.6 cm³/mol. The number of nitrogens with one attached hydrogen (secondary N) is 1. The largest absolute Gasteiger partial charge is 0.376 e. The molecule has 5 nitrogen and oxygen atoms in total. The molecule has 0 radical (unpaired) electrons. The van der Waals surface area contributed by atoms with Crippen molar-refractivity contribution in [3.63, 3.8) is 0 Å². The summed E-state index contributed by atoms with van der Waals surface area (Å²) in [5.74, 6) is -3.32. The molecule has 1 aliphatic rings. The summed E-state index contributed by atoms with van der Waals surface area (Å²) in [6.07, 6.45) is 1.05. The molecule has 0 aromatic rings. The van der Waals surface area contributed by atoms with Gasteiger partial charge in [-0.05, 0) is 25.8 Å². The van der Waals surface area contributed by atoms with Gasteiger partial charge in [0, 0.05) is 33.0 Å². The van der Waals surface area contributed by atoms with Crippen LogP contribution in [0.2, 0.25) is 0 Å². The zero-order valence-corrected chi connectivity index (χ0v) is 13.2. The van der Waals surface area contributed by atoms with E-state index in [4.69, 9.17) is 4.74 Å². The lowest BCUT2D eigenvalue weighted by molar-refractivity contribution is -0.135. The number of nitrogens with zero attached hydrogens (tertiary/aromatic N) is 1. The van der Waals surface area contributed by atoms with Gasteiger partial charge in [-0.2, -0.15) is 0 Å². The third-order valence-electron chi connectivity index (χ3n) is 4.14. The van der Waals surface area contributed by atoms with Crippen molar-refractivity contribution >= 4 is 11.8 Å². The summed E-state index contributed by atoms with van der Waals surface area (Å²) < 4.78 is 31.8. The fourth-order valence-electron chi connectivity index (χ4n) is 2.49. The lowest BCUT2D eigenvalue weighted by Gasteiger charge is -2.39. The van der Waals surface area contributed by atoms with Crippen molar-refractivity contribution in [2.24, 2.45) is 0 Å². The molecule has 0 aromatic carbocycles. The van der Waals surface area contributed by atoms with Gasteiger partial charge in [0.05, 0.1) is 12.1 Å². The first-order valence-corrected chi connectivity index (χ1v) is 7.38. The van der Waals surface area contributed by atoms with Gasteiger partial charge in [-0.3, -0.25) is 9.59 Å². The topological polar surface area (TPSA) is 58.6 Å². The molecule has 0 aromatic heterocycles. The molecule has 0 spiro atoms. The van der Waals surface area contributed by atoms with Crippen LogP contribution in [0.4, 0.5) is 8.78 Å². The van der Waals surface area contributed by atoms with E-state index >= 15 is 0 Å². The number of alkyl halides is 2. The molecule has 2 amide bonds. The van der Waals surface area contributed by atoms with Gasteiger partial charge in [-0.25, -0.2) is 8.78 Å². The van der Waals surface area contributed by atoms with Gasteiger partial charge in [-0.1, -0.05) is 6.58 Å². The van der Waals surface area contributed by atoms with E-state index < -0.39 is 11.5 Å². The Kier molecular flexibility index (Phi) is 6.47. The number of rotatable bonds is 7. The number of carbonyl (C=O) groups is 2. The van der Waals surface area contributed by atoms with Gasteiger partial charge < -0.3 is 15.0 Å². The van der Waals surface area contributed by atoms with Crippen LogP contribution in [-0.4, -0.2) is 55.0 Å². The molecule has 0 saturated heterocycles. The SMILES string of the molecule is C=CC(=O)N(CC)CC(=O)NCC1(OC)CCC(F)(F)CC1. The van der Waals surface area contributed by atoms with Gasteiger partial charge in [0.15, 0.2) is 0 Å². The Morgan fingerprint density at radius 3 is 2.36 bits per heavy atom. The van der Waals surface area contributed by atoms with Crippen LogP contribution in [-0.2, 0) is 14.3 Å². The molecule has 7 heteroatoms. The average molecular weight is 318 g/mol. The van der Waals surface area contributed by atoms with Crippen LogP contribution >= 0.6 is 0 Å². The normalized spacial score (nSPS) is 19.3. The number of ether oxygens (including phenoxy) is 1. The minimum Gasteiger partial charge on any atom is -0.376 e. The van der Waals surface area contributed by atoms with Crippen LogP contribution in [0.5, 0.6) is 0 Å². The van der Waals surface area contributed by atoms with Crippen molar-refractivity contribution in [2.45, 2.75) is 44.1 Å². The molecule has 1 N–H and O–H groups in total. The van der Waals surface area contributed by atoms with E-state index in [0.29, 0.717) is 6.54 Å². The highest BCUT2D eigenvalue weighted by molar-refractivity contribution is 5.90. The number of hydrogen-bond donors (Lipinski definition) is 1. The van der Waals surface area contributed by atoms with Crippen molar-refractivity contribution in [1.29, 1.82) is 0 Å². The molecule has 0 atom stereocenters. The third-order valence-corrected chi connectivity index (χ3v) is 4.14. The van der Waals surface area contributed by atoms with E-state index in [-0.39, 0.29) is 50.6 Å². The van der Waals surface area contributed by atoms with Crippen LogP contribution in [0, 0.1) is 0 Å². The Bertz CT molecular complexity index is 417. The molecule has 0 unspecified atom stereocenters. The monoisotopic (exact) mass is 318 g/mol. The van der Waals surface area contributed by atoms with Crippen LogP contribution in [0.15, 0.2) is 12.7 Å². The van der Waals surface area contributed by atoms with E-state index in [0.717, 1.165) is 6.08 Å². The molecule has 126 valence electrons. The lowest BCUT2D eigenvalue weighted by atomic mass is 9.82. The molecular weight excluding hydrogens is 294 g/mol. The van der Waals surface area contributed by atoms with Gasteiger partial charge in [-0.15, -0.1) is 0 Å². The Morgan fingerprint density at radius 2 is 1.91 bits per heavy atom. The van der Waals surface area contributed by atoms with Crippen LogP contribution in [0.25, 0.3) is 0 Å². The van der Waals surface area contributed by atoms with E-state index in [1.165, 1.54) is 12.0 Å². The lowest BCUT2D eigenvalue weighted by Crippen LogP contribution is -2.50. The molecule has 1 fully saturated rings. The number of hydrogen-bond acceptors (Lipinski definition) is 3. The number of methoxy groups -OCH3 is 1. The standard InChI is InChI=1S/C15H24F2N2O3/c1-4-13(21)19(5-2)10-12(20)18-11-14(22-3)6-8-15(16,17)9-7-14/h4H,1,5-11H2,2-3H3,(H,18,20). The number of halogens is 2. The van der Waals surface area contributed by atoms with E-state index in [1.54, 1.807) is 6.92 Å². The minimum atomic E-state index is -2.65. The molecule has 1 rings (SSSR count). The van der Waals surface area contributed by atoms with Crippen molar-refractivity contribution in [1.82, 2.24) is 10.2 Å². The smallest absolute Gasteiger partial charge is 0.248 e. The van der Waals surface area contributed by atoms with Gasteiger partial charge >= 0.3 is 0 Å². The minimum absolute atomic E-state index is 0.0860. The zero-order chi connectivity index (χ0) is 16.8. The van der Waals surface area contributed by atoms with E-state index in [1.807, 2.05) is 0 Å². The quantitative estimate of drug-likeness (QED) is 0.727. The summed E-state index contributed by atoms with van der Waals surface area (Å²) in [6, 6.07) is 0. The molecule has 22 heavy (non-hydrogen) atoms. The van der Waals surface area contributed by atoms with Crippen molar-refractivity contribution in [2.75, 3.05) is 26.7 Å². The number of amides is 2. The maximum absolute atomic E-state index is 13.2. The Hall–Kier alpha value is -1.50. The predicted octanol–water partition coefficient (Wildman–Crippen LogP) is 1.73. The highest BCUT2D eigenvalue weighted by Gasteiger charge is 2.43. The maximum atomic E-state index is 13.2. The second-order valence-corrected chi connectivity index (χ2v) is 5.58.